The first kappa shape index (κ1) is 11.2. The van der Waals surface area contributed by atoms with Crippen LogP contribution >= 0.6 is 0 Å². The van der Waals surface area contributed by atoms with Gasteiger partial charge < -0.3 is 4.74 Å². The SMILES string of the molecule is CC=C(C)C(=O)OCC(C)CC. The first-order valence-corrected chi connectivity index (χ1v) is 4.41. The molecule has 1 atom stereocenters. The van der Waals surface area contributed by atoms with Crippen LogP contribution in [0.2, 0.25) is 0 Å². The lowest BCUT2D eigenvalue weighted by Crippen LogP contribution is -2.11. The molecule has 0 aliphatic carbocycles. The van der Waals surface area contributed by atoms with E-state index in [1.807, 2.05) is 6.92 Å². The third kappa shape index (κ3) is 4.16. The summed E-state index contributed by atoms with van der Waals surface area (Å²) in [5.41, 5.74) is 0.679. The summed E-state index contributed by atoms with van der Waals surface area (Å²) in [5, 5.41) is 0. The van der Waals surface area contributed by atoms with Crippen molar-refractivity contribution in [2.24, 2.45) is 5.92 Å². The molecular weight excluding hydrogens is 152 g/mol. The zero-order valence-corrected chi connectivity index (χ0v) is 8.39. The van der Waals surface area contributed by atoms with E-state index < -0.39 is 0 Å². The van der Waals surface area contributed by atoms with Crippen LogP contribution in [0.25, 0.3) is 0 Å². The van der Waals surface area contributed by atoms with Gasteiger partial charge in [0.2, 0.25) is 0 Å². The maximum absolute atomic E-state index is 11.1. The maximum Gasteiger partial charge on any atom is 0.333 e. The minimum absolute atomic E-state index is 0.196. The predicted octanol–water partition coefficient (Wildman–Crippen LogP) is 2.54. The number of carbonyl (C=O) groups is 1. The molecule has 0 spiro atoms. The molecule has 2 heteroatoms. The Hall–Kier alpha value is -0.790. The van der Waals surface area contributed by atoms with Crippen LogP contribution in [-0.2, 0) is 9.53 Å². The molecule has 0 aliphatic heterocycles. The summed E-state index contributed by atoms with van der Waals surface area (Å²) < 4.78 is 5.04. The van der Waals surface area contributed by atoms with E-state index in [1.165, 1.54) is 0 Å². The van der Waals surface area contributed by atoms with Crippen molar-refractivity contribution in [3.63, 3.8) is 0 Å². The van der Waals surface area contributed by atoms with Crippen molar-refractivity contribution < 1.29 is 9.53 Å². The zero-order valence-electron chi connectivity index (χ0n) is 8.39. The van der Waals surface area contributed by atoms with E-state index in [0.717, 1.165) is 6.42 Å². The Morgan fingerprint density at radius 2 is 2.17 bits per heavy atom. The van der Waals surface area contributed by atoms with Crippen LogP contribution in [0, 0.1) is 5.92 Å². The first-order valence-electron chi connectivity index (χ1n) is 4.41. The van der Waals surface area contributed by atoms with Gasteiger partial charge in [-0.1, -0.05) is 26.3 Å². The molecule has 12 heavy (non-hydrogen) atoms. The van der Waals surface area contributed by atoms with Gasteiger partial charge in [0.1, 0.15) is 0 Å². The second-order valence-electron chi connectivity index (χ2n) is 3.08. The predicted molar refractivity (Wildman–Crippen MR) is 49.8 cm³/mol. The Morgan fingerprint density at radius 3 is 2.58 bits per heavy atom. The summed E-state index contributed by atoms with van der Waals surface area (Å²) in [6.45, 7) is 8.28. The molecule has 0 N–H and O–H groups in total. The molecule has 0 fully saturated rings. The number of esters is 1. The second kappa shape index (κ2) is 5.81. The van der Waals surface area contributed by atoms with Gasteiger partial charge in [-0.05, 0) is 19.8 Å². The van der Waals surface area contributed by atoms with Gasteiger partial charge in [-0.3, -0.25) is 0 Å². The van der Waals surface area contributed by atoms with E-state index in [0.29, 0.717) is 18.1 Å². The van der Waals surface area contributed by atoms with E-state index in [2.05, 4.69) is 13.8 Å². The summed E-state index contributed by atoms with van der Waals surface area (Å²) in [6.07, 6.45) is 2.81. The molecule has 0 saturated carbocycles. The lowest BCUT2D eigenvalue weighted by atomic mass is 10.1. The molecule has 70 valence electrons. The topological polar surface area (TPSA) is 26.3 Å². The number of allylic oxidation sites excluding steroid dienone is 1. The van der Waals surface area contributed by atoms with Gasteiger partial charge in [0.15, 0.2) is 0 Å². The maximum atomic E-state index is 11.1. The van der Waals surface area contributed by atoms with Crippen LogP contribution in [0.1, 0.15) is 34.1 Å². The van der Waals surface area contributed by atoms with Gasteiger partial charge in [-0.25, -0.2) is 4.79 Å². The molecule has 0 radical (unpaired) electrons. The molecule has 1 unspecified atom stereocenters. The highest BCUT2D eigenvalue weighted by Gasteiger charge is 2.06. The Morgan fingerprint density at radius 1 is 1.58 bits per heavy atom. The molecule has 2 nitrogen and oxygen atoms in total. The smallest absolute Gasteiger partial charge is 0.333 e. The summed E-state index contributed by atoms with van der Waals surface area (Å²) >= 11 is 0. The number of ether oxygens (including phenoxy) is 1. The minimum Gasteiger partial charge on any atom is -0.462 e. The largest absolute Gasteiger partial charge is 0.462 e. The highest BCUT2D eigenvalue weighted by Crippen LogP contribution is 2.03. The van der Waals surface area contributed by atoms with Crippen LogP contribution in [0.3, 0.4) is 0 Å². The Kier molecular flexibility index (Phi) is 5.43. The van der Waals surface area contributed by atoms with Crippen molar-refractivity contribution in [3.8, 4) is 0 Å². The molecule has 0 bridgehead atoms. The van der Waals surface area contributed by atoms with Gasteiger partial charge in [-0.2, -0.15) is 0 Å². The van der Waals surface area contributed by atoms with E-state index in [4.69, 9.17) is 4.74 Å². The third-order valence-corrected chi connectivity index (χ3v) is 1.95. The van der Waals surface area contributed by atoms with Gasteiger partial charge in [0.05, 0.1) is 6.61 Å². The molecule has 0 aliphatic rings. The summed E-state index contributed by atoms with van der Waals surface area (Å²) in [6, 6.07) is 0. The lowest BCUT2D eigenvalue weighted by molar-refractivity contribution is -0.140. The van der Waals surface area contributed by atoms with E-state index in [9.17, 15) is 4.79 Å². The standard InChI is InChI=1S/C10H18O2/c1-5-8(3)7-12-10(11)9(4)6-2/h6,8H,5,7H2,1-4H3. The van der Waals surface area contributed by atoms with Crippen LogP contribution in [0.5, 0.6) is 0 Å². The van der Waals surface area contributed by atoms with Crippen molar-refractivity contribution in [2.75, 3.05) is 6.61 Å². The normalized spacial score (nSPS) is 14.2. The van der Waals surface area contributed by atoms with Crippen molar-refractivity contribution in [2.45, 2.75) is 34.1 Å². The average molecular weight is 170 g/mol. The van der Waals surface area contributed by atoms with E-state index in [-0.39, 0.29) is 5.97 Å². The van der Waals surface area contributed by atoms with Crippen LogP contribution in [-0.4, -0.2) is 12.6 Å². The van der Waals surface area contributed by atoms with Gasteiger partial charge in [0, 0.05) is 5.57 Å². The molecule has 0 heterocycles. The number of hydrogen-bond acceptors (Lipinski definition) is 2. The Bertz CT molecular complexity index is 171. The highest BCUT2D eigenvalue weighted by molar-refractivity contribution is 5.87. The molecule has 0 aromatic heterocycles. The first-order chi connectivity index (χ1) is 5.61. The highest BCUT2D eigenvalue weighted by atomic mass is 16.5. The number of rotatable bonds is 4. The van der Waals surface area contributed by atoms with Gasteiger partial charge >= 0.3 is 5.97 Å². The van der Waals surface area contributed by atoms with Gasteiger partial charge in [0.25, 0.3) is 0 Å². The van der Waals surface area contributed by atoms with Crippen LogP contribution in [0.4, 0.5) is 0 Å². The van der Waals surface area contributed by atoms with Crippen LogP contribution in [0.15, 0.2) is 11.6 Å². The molecular formula is C10H18O2. The van der Waals surface area contributed by atoms with E-state index in [1.54, 1.807) is 13.0 Å². The van der Waals surface area contributed by atoms with Crippen molar-refractivity contribution in [1.82, 2.24) is 0 Å². The van der Waals surface area contributed by atoms with Crippen molar-refractivity contribution >= 4 is 5.97 Å². The van der Waals surface area contributed by atoms with Crippen molar-refractivity contribution in [3.05, 3.63) is 11.6 Å². The van der Waals surface area contributed by atoms with E-state index >= 15 is 0 Å². The Labute approximate surface area is 74.6 Å². The van der Waals surface area contributed by atoms with Crippen molar-refractivity contribution in [1.29, 1.82) is 0 Å². The summed E-state index contributed by atoms with van der Waals surface area (Å²) in [7, 11) is 0. The number of hydrogen-bond donors (Lipinski definition) is 0. The summed E-state index contributed by atoms with van der Waals surface area (Å²) in [5.74, 6) is 0.261. The fourth-order valence-corrected chi connectivity index (χ4v) is 0.567. The molecule has 0 amide bonds. The quantitative estimate of drug-likeness (QED) is 0.478. The molecule has 0 rings (SSSR count). The molecule has 0 saturated heterocycles. The van der Waals surface area contributed by atoms with Gasteiger partial charge in [-0.15, -0.1) is 0 Å². The monoisotopic (exact) mass is 170 g/mol. The second-order valence-corrected chi connectivity index (χ2v) is 3.08. The zero-order chi connectivity index (χ0) is 9.56. The third-order valence-electron chi connectivity index (χ3n) is 1.95. The minimum atomic E-state index is -0.196. The fourth-order valence-electron chi connectivity index (χ4n) is 0.567. The Balaban J connectivity index is 3.72. The average Bonchev–Trinajstić information content (AvgIpc) is 2.11. The number of carbonyl (C=O) groups excluding carboxylic acids is 1. The molecule has 0 aromatic carbocycles. The fraction of sp³-hybridized carbons (Fsp3) is 0.700. The van der Waals surface area contributed by atoms with Crippen LogP contribution < -0.4 is 0 Å². The summed E-state index contributed by atoms with van der Waals surface area (Å²) in [4.78, 5) is 11.1. The lowest BCUT2D eigenvalue weighted by Gasteiger charge is -2.09. The molecule has 0 aromatic rings.